The molecule has 1 atom stereocenters. The van der Waals surface area contributed by atoms with Crippen LogP contribution >= 0.6 is 0 Å². The van der Waals surface area contributed by atoms with E-state index in [1.54, 1.807) is 0 Å². The summed E-state index contributed by atoms with van der Waals surface area (Å²) in [6.07, 6.45) is 0. The highest BCUT2D eigenvalue weighted by Gasteiger charge is 2.26. The molecule has 0 spiro atoms. The van der Waals surface area contributed by atoms with Crippen LogP contribution in [0.1, 0.15) is 12.5 Å². The number of aliphatic carboxylic acids is 1. The highest BCUT2D eigenvalue weighted by atomic mass is 32.2. The van der Waals surface area contributed by atoms with Crippen molar-refractivity contribution in [3.05, 3.63) is 35.9 Å². The predicted octanol–water partition coefficient (Wildman–Crippen LogP) is 1.02. The van der Waals surface area contributed by atoms with Gasteiger partial charge in [0.2, 0.25) is 0 Å². The van der Waals surface area contributed by atoms with E-state index in [2.05, 4.69) is 0 Å². The number of rotatable bonds is 7. The lowest BCUT2D eigenvalue weighted by atomic mass is 10.2. The summed E-state index contributed by atoms with van der Waals surface area (Å²) < 4.78 is 26.8. The molecular weight excluding hydrogens is 280 g/mol. The van der Waals surface area contributed by atoms with E-state index in [-0.39, 0.29) is 13.1 Å². The Morgan fingerprint density at radius 1 is 1.20 bits per heavy atom. The van der Waals surface area contributed by atoms with Crippen LogP contribution in [0.3, 0.4) is 0 Å². The molecule has 0 heterocycles. The van der Waals surface area contributed by atoms with Crippen molar-refractivity contribution in [2.45, 2.75) is 13.5 Å². The van der Waals surface area contributed by atoms with Crippen LogP contribution in [0, 0.1) is 5.92 Å². The molecule has 20 heavy (non-hydrogen) atoms. The molecule has 1 aromatic rings. The van der Waals surface area contributed by atoms with Gasteiger partial charge in [0.15, 0.2) is 0 Å². The molecule has 6 nitrogen and oxygen atoms in total. The van der Waals surface area contributed by atoms with E-state index in [1.165, 1.54) is 25.3 Å². The third-order valence-electron chi connectivity index (χ3n) is 2.99. The molecule has 1 N–H and O–H groups in total. The SMILES string of the molecule is CC(CN(C)S(=O)(=O)N(C)Cc1ccccc1)C(=O)O. The van der Waals surface area contributed by atoms with Crippen LogP contribution in [0.2, 0.25) is 0 Å². The molecule has 0 aliphatic carbocycles. The van der Waals surface area contributed by atoms with Crippen LogP contribution in [-0.2, 0) is 21.5 Å². The molecule has 1 aromatic carbocycles. The maximum atomic E-state index is 12.3. The minimum atomic E-state index is -3.66. The number of nitrogens with zero attached hydrogens (tertiary/aromatic N) is 2. The predicted molar refractivity (Wildman–Crippen MR) is 76.3 cm³/mol. The molecule has 112 valence electrons. The second-order valence-electron chi connectivity index (χ2n) is 4.77. The Kier molecular flexibility index (Phi) is 5.67. The summed E-state index contributed by atoms with van der Waals surface area (Å²) in [4.78, 5) is 10.8. The summed E-state index contributed by atoms with van der Waals surface area (Å²) in [5.41, 5.74) is 0.873. The Bertz CT molecular complexity index is 545. The number of carbonyl (C=O) groups is 1. The van der Waals surface area contributed by atoms with E-state index in [1.807, 2.05) is 30.3 Å². The van der Waals surface area contributed by atoms with Crippen molar-refractivity contribution in [2.75, 3.05) is 20.6 Å². The standard InChI is InChI=1S/C13H20N2O4S/c1-11(13(16)17)9-14(2)20(18,19)15(3)10-12-7-5-4-6-8-12/h4-8,11H,9-10H2,1-3H3,(H,16,17). The van der Waals surface area contributed by atoms with E-state index in [0.717, 1.165) is 9.87 Å². The highest BCUT2D eigenvalue weighted by molar-refractivity contribution is 7.86. The first-order chi connectivity index (χ1) is 9.25. The molecule has 1 unspecified atom stereocenters. The van der Waals surface area contributed by atoms with Gasteiger partial charge in [0.1, 0.15) is 0 Å². The van der Waals surface area contributed by atoms with Gasteiger partial charge < -0.3 is 5.11 Å². The van der Waals surface area contributed by atoms with E-state index < -0.39 is 22.1 Å². The summed E-state index contributed by atoms with van der Waals surface area (Å²) in [6, 6.07) is 9.22. The average molecular weight is 300 g/mol. The zero-order valence-electron chi connectivity index (χ0n) is 11.9. The summed E-state index contributed by atoms with van der Waals surface area (Å²) in [6.45, 7) is 1.66. The molecule has 0 aliphatic heterocycles. The fraction of sp³-hybridized carbons (Fsp3) is 0.462. The fourth-order valence-electron chi connectivity index (χ4n) is 1.72. The van der Waals surface area contributed by atoms with Gasteiger partial charge in [-0.15, -0.1) is 0 Å². The van der Waals surface area contributed by atoms with Gasteiger partial charge in [0, 0.05) is 27.2 Å². The first-order valence-electron chi connectivity index (χ1n) is 6.19. The molecule has 0 bridgehead atoms. The summed E-state index contributed by atoms with van der Waals surface area (Å²) in [5.74, 6) is -1.77. The lowest BCUT2D eigenvalue weighted by Crippen LogP contribution is -2.42. The van der Waals surface area contributed by atoms with Gasteiger partial charge in [-0.25, -0.2) is 0 Å². The number of carboxylic acids is 1. The van der Waals surface area contributed by atoms with Crippen molar-refractivity contribution in [1.82, 2.24) is 8.61 Å². The fourth-order valence-corrected chi connectivity index (χ4v) is 2.92. The number of carboxylic acid groups (broad SMARTS) is 1. The van der Waals surface area contributed by atoms with E-state index in [0.29, 0.717) is 0 Å². The zero-order valence-corrected chi connectivity index (χ0v) is 12.7. The van der Waals surface area contributed by atoms with Crippen molar-refractivity contribution < 1.29 is 18.3 Å². The molecule has 0 aromatic heterocycles. The van der Waals surface area contributed by atoms with E-state index in [4.69, 9.17) is 5.11 Å². The monoisotopic (exact) mass is 300 g/mol. The number of hydrogen-bond acceptors (Lipinski definition) is 3. The third-order valence-corrected chi connectivity index (χ3v) is 4.84. The Morgan fingerprint density at radius 3 is 2.25 bits per heavy atom. The molecule has 1 rings (SSSR count). The molecule has 0 saturated carbocycles. The first kappa shape index (κ1) is 16.6. The summed E-state index contributed by atoms with van der Waals surface area (Å²) in [7, 11) is -0.801. The lowest BCUT2D eigenvalue weighted by Gasteiger charge is -2.25. The Morgan fingerprint density at radius 2 is 1.75 bits per heavy atom. The molecule has 0 aliphatic rings. The average Bonchev–Trinajstić information content (AvgIpc) is 2.39. The summed E-state index contributed by atoms with van der Waals surface area (Å²) >= 11 is 0. The molecule has 0 amide bonds. The van der Waals surface area contributed by atoms with Gasteiger partial charge in [0.25, 0.3) is 10.2 Å². The Labute approximate surface area is 119 Å². The van der Waals surface area contributed by atoms with Gasteiger partial charge >= 0.3 is 5.97 Å². The Balaban J connectivity index is 2.74. The van der Waals surface area contributed by atoms with Gasteiger partial charge in [-0.2, -0.15) is 17.0 Å². The minimum absolute atomic E-state index is 0.0587. The van der Waals surface area contributed by atoms with Crippen LogP contribution < -0.4 is 0 Å². The first-order valence-corrected chi connectivity index (χ1v) is 7.59. The maximum absolute atomic E-state index is 12.3. The van der Waals surface area contributed by atoms with Crippen molar-refractivity contribution in [1.29, 1.82) is 0 Å². The van der Waals surface area contributed by atoms with Crippen molar-refractivity contribution in [3.63, 3.8) is 0 Å². The second kappa shape index (κ2) is 6.83. The van der Waals surface area contributed by atoms with Gasteiger partial charge in [-0.1, -0.05) is 37.3 Å². The molecule has 0 saturated heterocycles. The van der Waals surface area contributed by atoms with Crippen molar-refractivity contribution >= 4 is 16.2 Å². The minimum Gasteiger partial charge on any atom is -0.481 e. The quantitative estimate of drug-likeness (QED) is 0.815. The van der Waals surface area contributed by atoms with Crippen molar-refractivity contribution in [3.8, 4) is 0 Å². The molecular formula is C13H20N2O4S. The molecule has 0 radical (unpaired) electrons. The van der Waals surface area contributed by atoms with Crippen LogP contribution in [0.4, 0.5) is 0 Å². The lowest BCUT2D eigenvalue weighted by molar-refractivity contribution is -0.141. The van der Waals surface area contributed by atoms with Gasteiger partial charge in [-0.05, 0) is 5.56 Å². The smallest absolute Gasteiger partial charge is 0.307 e. The molecule has 0 fully saturated rings. The summed E-state index contributed by atoms with van der Waals surface area (Å²) in [5, 5.41) is 8.84. The number of benzene rings is 1. The van der Waals surface area contributed by atoms with E-state index in [9.17, 15) is 13.2 Å². The highest BCUT2D eigenvalue weighted by Crippen LogP contribution is 2.11. The second-order valence-corrected chi connectivity index (χ2v) is 6.91. The molecule has 7 heteroatoms. The van der Waals surface area contributed by atoms with Crippen LogP contribution in [0.25, 0.3) is 0 Å². The largest absolute Gasteiger partial charge is 0.481 e. The van der Waals surface area contributed by atoms with Gasteiger partial charge in [-0.3, -0.25) is 4.79 Å². The van der Waals surface area contributed by atoms with Crippen LogP contribution in [-0.4, -0.2) is 48.7 Å². The number of hydrogen-bond donors (Lipinski definition) is 1. The van der Waals surface area contributed by atoms with Crippen LogP contribution in [0.5, 0.6) is 0 Å². The topological polar surface area (TPSA) is 77.9 Å². The van der Waals surface area contributed by atoms with Crippen molar-refractivity contribution in [2.24, 2.45) is 5.92 Å². The van der Waals surface area contributed by atoms with E-state index >= 15 is 0 Å². The van der Waals surface area contributed by atoms with Gasteiger partial charge in [0.05, 0.1) is 5.92 Å². The third kappa shape index (κ3) is 4.29. The Hall–Kier alpha value is -1.44. The maximum Gasteiger partial charge on any atom is 0.307 e. The normalized spacial score (nSPS) is 13.7. The van der Waals surface area contributed by atoms with Crippen LogP contribution in [0.15, 0.2) is 30.3 Å². The zero-order chi connectivity index (χ0) is 15.3.